The van der Waals surface area contributed by atoms with Crippen molar-refractivity contribution in [3.8, 4) is 0 Å². The molecule has 0 atom stereocenters. The van der Waals surface area contributed by atoms with Gasteiger partial charge < -0.3 is 5.32 Å². The third-order valence-electron chi connectivity index (χ3n) is 3.13. The lowest BCUT2D eigenvalue weighted by Crippen LogP contribution is -2.33. The number of hydrogen-bond donors (Lipinski definition) is 2. The Morgan fingerprint density at radius 3 is 2.52 bits per heavy atom. The van der Waals surface area contributed by atoms with Crippen LogP contribution in [0.3, 0.4) is 0 Å². The van der Waals surface area contributed by atoms with E-state index in [-0.39, 0.29) is 10.7 Å². The van der Waals surface area contributed by atoms with Crippen LogP contribution in [0.4, 0.5) is 10.1 Å². The summed E-state index contributed by atoms with van der Waals surface area (Å²) in [4.78, 5) is 23.3. The van der Waals surface area contributed by atoms with E-state index in [2.05, 4.69) is 15.8 Å². The van der Waals surface area contributed by atoms with Crippen molar-refractivity contribution in [1.29, 1.82) is 0 Å². The Balaban J connectivity index is 1.90. The van der Waals surface area contributed by atoms with Gasteiger partial charge in [0.25, 0.3) is 0 Å². The first-order valence-electron chi connectivity index (χ1n) is 6.68. The van der Waals surface area contributed by atoms with E-state index in [1.807, 2.05) is 0 Å². The fourth-order valence-corrected chi connectivity index (χ4v) is 2.19. The molecule has 0 unspecified atom stereocenters. The minimum atomic E-state index is -0.877. The van der Waals surface area contributed by atoms with Gasteiger partial charge in [0.2, 0.25) is 0 Å². The number of rotatable bonds is 2. The first-order valence-corrected chi connectivity index (χ1v) is 7.06. The SMILES string of the molecule is O=C(NN=C1CCCCC1)C(=O)Nc1ccc(F)c(Cl)c1. The van der Waals surface area contributed by atoms with Gasteiger partial charge in [-0.25, -0.2) is 9.82 Å². The third-order valence-corrected chi connectivity index (χ3v) is 3.42. The lowest BCUT2D eigenvalue weighted by molar-refractivity contribution is -0.136. The molecule has 1 saturated carbocycles. The minimum Gasteiger partial charge on any atom is -0.318 e. The predicted octanol–water partition coefficient (Wildman–Crippen LogP) is 2.85. The highest BCUT2D eigenvalue weighted by atomic mass is 35.5. The molecule has 1 aliphatic rings. The highest BCUT2D eigenvalue weighted by Crippen LogP contribution is 2.19. The molecule has 5 nitrogen and oxygen atoms in total. The molecule has 0 bridgehead atoms. The van der Waals surface area contributed by atoms with E-state index < -0.39 is 17.6 Å². The van der Waals surface area contributed by atoms with Crippen LogP contribution in [0.5, 0.6) is 0 Å². The summed E-state index contributed by atoms with van der Waals surface area (Å²) < 4.78 is 13.0. The summed E-state index contributed by atoms with van der Waals surface area (Å²) in [5, 5.41) is 6.14. The van der Waals surface area contributed by atoms with Gasteiger partial charge in [-0.2, -0.15) is 5.10 Å². The summed E-state index contributed by atoms with van der Waals surface area (Å²) in [5.74, 6) is -2.34. The molecule has 112 valence electrons. The molecule has 2 N–H and O–H groups in total. The summed E-state index contributed by atoms with van der Waals surface area (Å²) in [7, 11) is 0. The predicted molar refractivity (Wildman–Crippen MR) is 78.7 cm³/mol. The van der Waals surface area contributed by atoms with E-state index in [0.717, 1.165) is 37.5 Å². The molecule has 0 aliphatic heterocycles. The molecule has 7 heteroatoms. The van der Waals surface area contributed by atoms with Crippen molar-refractivity contribution in [3.63, 3.8) is 0 Å². The van der Waals surface area contributed by atoms with Crippen LogP contribution in [0, 0.1) is 5.82 Å². The van der Waals surface area contributed by atoms with Gasteiger partial charge in [0, 0.05) is 11.4 Å². The zero-order valence-electron chi connectivity index (χ0n) is 11.3. The maximum Gasteiger partial charge on any atom is 0.329 e. The average Bonchev–Trinajstić information content (AvgIpc) is 2.49. The molecule has 0 heterocycles. The van der Waals surface area contributed by atoms with Crippen LogP contribution in [0.25, 0.3) is 0 Å². The van der Waals surface area contributed by atoms with Crippen LogP contribution >= 0.6 is 11.6 Å². The van der Waals surface area contributed by atoms with Crippen LogP contribution in [-0.4, -0.2) is 17.5 Å². The zero-order valence-corrected chi connectivity index (χ0v) is 12.0. The molecule has 2 rings (SSSR count). The minimum absolute atomic E-state index is 0.129. The van der Waals surface area contributed by atoms with Gasteiger partial charge in [0.15, 0.2) is 0 Å². The first kappa shape index (κ1) is 15.4. The van der Waals surface area contributed by atoms with Gasteiger partial charge in [-0.15, -0.1) is 0 Å². The largest absolute Gasteiger partial charge is 0.329 e. The molecular formula is C14H15ClFN3O2. The summed E-state index contributed by atoms with van der Waals surface area (Å²) in [6.45, 7) is 0. The van der Waals surface area contributed by atoms with Gasteiger partial charge in [0.05, 0.1) is 5.02 Å². The van der Waals surface area contributed by atoms with Crippen LogP contribution in [0.1, 0.15) is 32.1 Å². The number of hydrazone groups is 1. The number of carbonyl (C=O) groups excluding carboxylic acids is 2. The summed E-state index contributed by atoms with van der Waals surface area (Å²) in [5.41, 5.74) is 3.37. The van der Waals surface area contributed by atoms with Crippen molar-refractivity contribution in [2.24, 2.45) is 5.10 Å². The summed E-state index contributed by atoms with van der Waals surface area (Å²) in [6, 6.07) is 3.66. The highest BCUT2D eigenvalue weighted by molar-refractivity contribution is 6.39. The molecule has 0 saturated heterocycles. The van der Waals surface area contributed by atoms with Gasteiger partial charge in [0.1, 0.15) is 5.82 Å². The van der Waals surface area contributed by atoms with E-state index in [4.69, 9.17) is 11.6 Å². The molecular weight excluding hydrogens is 297 g/mol. The Kier molecular flexibility index (Phi) is 5.27. The van der Waals surface area contributed by atoms with Crippen molar-refractivity contribution >= 4 is 34.8 Å². The zero-order chi connectivity index (χ0) is 15.2. The summed E-state index contributed by atoms with van der Waals surface area (Å²) >= 11 is 5.59. The fraction of sp³-hybridized carbons (Fsp3) is 0.357. The monoisotopic (exact) mass is 311 g/mol. The van der Waals surface area contributed by atoms with E-state index in [9.17, 15) is 14.0 Å². The Bertz CT molecular complexity index is 582. The fourth-order valence-electron chi connectivity index (χ4n) is 2.01. The number of carbonyl (C=O) groups is 2. The van der Waals surface area contributed by atoms with Gasteiger partial charge >= 0.3 is 11.8 Å². The summed E-state index contributed by atoms with van der Waals surface area (Å²) in [6.07, 6.45) is 4.95. The number of hydrogen-bond acceptors (Lipinski definition) is 3. The molecule has 1 aromatic rings. The molecule has 0 aromatic heterocycles. The average molecular weight is 312 g/mol. The van der Waals surface area contributed by atoms with Crippen molar-refractivity contribution in [2.75, 3.05) is 5.32 Å². The molecule has 0 radical (unpaired) electrons. The van der Waals surface area contributed by atoms with E-state index in [1.165, 1.54) is 18.6 Å². The highest BCUT2D eigenvalue weighted by Gasteiger charge is 2.15. The van der Waals surface area contributed by atoms with E-state index >= 15 is 0 Å². The van der Waals surface area contributed by atoms with Crippen LogP contribution in [0.2, 0.25) is 5.02 Å². The lowest BCUT2D eigenvalue weighted by Gasteiger charge is -2.12. The molecule has 1 aromatic carbocycles. The second-order valence-electron chi connectivity index (χ2n) is 4.76. The smallest absolute Gasteiger partial charge is 0.318 e. The van der Waals surface area contributed by atoms with E-state index in [0.29, 0.717) is 0 Å². The number of nitrogens with one attached hydrogen (secondary N) is 2. The van der Waals surface area contributed by atoms with Gasteiger partial charge in [-0.1, -0.05) is 18.0 Å². The number of benzene rings is 1. The quantitative estimate of drug-likeness (QED) is 0.651. The first-order chi connectivity index (χ1) is 10.1. The molecule has 1 fully saturated rings. The van der Waals surface area contributed by atoms with Crippen LogP contribution in [0.15, 0.2) is 23.3 Å². The Labute approximate surface area is 126 Å². The second-order valence-corrected chi connectivity index (χ2v) is 5.17. The van der Waals surface area contributed by atoms with Crippen molar-refractivity contribution in [3.05, 3.63) is 29.0 Å². The van der Waals surface area contributed by atoms with E-state index in [1.54, 1.807) is 0 Å². The number of anilines is 1. The lowest BCUT2D eigenvalue weighted by atomic mass is 9.99. The normalized spacial score (nSPS) is 14.5. The second kappa shape index (κ2) is 7.17. The molecule has 1 aliphatic carbocycles. The third kappa shape index (κ3) is 4.53. The molecule has 0 spiro atoms. The number of halogens is 2. The van der Waals surface area contributed by atoms with Crippen molar-refractivity contribution < 1.29 is 14.0 Å². The Morgan fingerprint density at radius 1 is 1.14 bits per heavy atom. The Hall–Kier alpha value is -1.95. The molecule has 21 heavy (non-hydrogen) atoms. The topological polar surface area (TPSA) is 70.6 Å². The van der Waals surface area contributed by atoms with Crippen LogP contribution in [-0.2, 0) is 9.59 Å². The number of amides is 2. The van der Waals surface area contributed by atoms with Gasteiger partial charge in [-0.3, -0.25) is 9.59 Å². The maximum absolute atomic E-state index is 13.0. The number of nitrogens with zero attached hydrogens (tertiary/aromatic N) is 1. The van der Waals surface area contributed by atoms with Crippen molar-refractivity contribution in [1.82, 2.24) is 5.43 Å². The molecule has 2 amide bonds. The van der Waals surface area contributed by atoms with Gasteiger partial charge in [-0.05, 0) is 43.9 Å². The standard InChI is InChI=1S/C14H15ClFN3O2/c15-11-8-10(6-7-12(11)16)17-13(20)14(21)19-18-9-4-2-1-3-5-9/h6-8H,1-5H2,(H,17,20)(H,19,21). The maximum atomic E-state index is 13.0. The van der Waals surface area contributed by atoms with Crippen molar-refractivity contribution in [2.45, 2.75) is 32.1 Å². The van der Waals surface area contributed by atoms with Crippen LogP contribution < -0.4 is 10.7 Å². The Morgan fingerprint density at radius 2 is 1.86 bits per heavy atom.